The Labute approximate surface area is 198 Å². The molecule has 0 radical (unpaired) electrons. The summed E-state index contributed by atoms with van der Waals surface area (Å²) in [6, 6.07) is 10.1. The van der Waals surface area contributed by atoms with E-state index in [1.165, 1.54) is 22.5 Å². The zero-order chi connectivity index (χ0) is 24.9. The van der Waals surface area contributed by atoms with Gasteiger partial charge >= 0.3 is 0 Å². The van der Waals surface area contributed by atoms with Crippen LogP contribution in [0.3, 0.4) is 0 Å². The van der Waals surface area contributed by atoms with Crippen LogP contribution in [0, 0.1) is 10.1 Å². The number of carbonyl (C=O) groups is 1. The molecular weight excluding hydrogens is 462 g/mol. The molecule has 0 bridgehead atoms. The van der Waals surface area contributed by atoms with E-state index >= 15 is 0 Å². The highest BCUT2D eigenvalue weighted by atomic mass is 32.2. The van der Waals surface area contributed by atoms with Gasteiger partial charge in [-0.1, -0.05) is 6.07 Å². The van der Waals surface area contributed by atoms with Crippen molar-refractivity contribution in [2.75, 3.05) is 33.3 Å². The van der Waals surface area contributed by atoms with Crippen molar-refractivity contribution >= 4 is 27.7 Å². The van der Waals surface area contributed by atoms with Crippen LogP contribution in [-0.2, 0) is 14.8 Å². The number of sulfonamides is 1. The Morgan fingerprint density at radius 1 is 1.06 bits per heavy atom. The molecule has 2 aromatic carbocycles. The molecule has 1 heterocycles. The molecule has 34 heavy (non-hydrogen) atoms. The van der Waals surface area contributed by atoms with E-state index < -0.39 is 14.9 Å². The van der Waals surface area contributed by atoms with Crippen LogP contribution < -0.4 is 9.47 Å². The van der Waals surface area contributed by atoms with Crippen molar-refractivity contribution < 1.29 is 27.6 Å². The monoisotopic (exact) mass is 489 g/mol. The zero-order valence-electron chi connectivity index (χ0n) is 19.2. The number of ether oxygens (including phenoxy) is 2. The molecular formula is C23H27N3O7S. The van der Waals surface area contributed by atoms with Crippen LogP contribution in [0.2, 0.25) is 0 Å². The van der Waals surface area contributed by atoms with Crippen molar-refractivity contribution in [3.8, 4) is 11.5 Å². The average molecular weight is 490 g/mol. The maximum absolute atomic E-state index is 12.8. The molecule has 0 saturated carbocycles. The molecule has 1 aliphatic rings. The third-order valence-electron chi connectivity index (χ3n) is 5.20. The van der Waals surface area contributed by atoms with E-state index in [1.54, 1.807) is 30.2 Å². The predicted octanol–water partition coefficient (Wildman–Crippen LogP) is 2.94. The Hall–Kier alpha value is -3.44. The quantitative estimate of drug-likeness (QED) is 0.318. The normalized spacial score (nSPS) is 15.0. The number of non-ortho nitro benzene ring substituents is 1. The van der Waals surface area contributed by atoms with E-state index in [2.05, 4.69) is 0 Å². The van der Waals surface area contributed by atoms with Gasteiger partial charge in [-0.3, -0.25) is 14.9 Å². The summed E-state index contributed by atoms with van der Waals surface area (Å²) in [7, 11) is -2.25. The topological polar surface area (TPSA) is 119 Å². The number of nitro benzene ring substituents is 1. The van der Waals surface area contributed by atoms with Crippen molar-refractivity contribution in [2.45, 2.75) is 24.8 Å². The second-order valence-electron chi connectivity index (χ2n) is 7.89. The number of carbonyl (C=O) groups excluding carboxylic acids is 1. The molecule has 1 aliphatic heterocycles. The molecule has 0 aromatic heterocycles. The van der Waals surface area contributed by atoms with Crippen LogP contribution in [0.15, 0.2) is 53.4 Å². The maximum Gasteiger partial charge on any atom is 0.269 e. The van der Waals surface area contributed by atoms with Gasteiger partial charge < -0.3 is 14.4 Å². The van der Waals surface area contributed by atoms with E-state index in [0.717, 1.165) is 17.7 Å². The summed E-state index contributed by atoms with van der Waals surface area (Å²) >= 11 is 0. The van der Waals surface area contributed by atoms with Gasteiger partial charge in [0, 0.05) is 44.4 Å². The molecule has 1 fully saturated rings. The largest absolute Gasteiger partial charge is 0.493 e. The maximum atomic E-state index is 12.8. The number of amides is 1. The Balaban J connectivity index is 1.61. The summed E-state index contributed by atoms with van der Waals surface area (Å²) in [5, 5.41) is 10.8. The lowest BCUT2D eigenvalue weighted by Crippen LogP contribution is -2.50. The number of nitro groups is 1. The summed E-state index contributed by atoms with van der Waals surface area (Å²) in [6.07, 6.45) is 3.11. The summed E-state index contributed by atoms with van der Waals surface area (Å²) in [5.41, 5.74) is 0.585. The smallest absolute Gasteiger partial charge is 0.269 e. The molecule has 182 valence electrons. The second kappa shape index (κ2) is 10.7. The fourth-order valence-electron chi connectivity index (χ4n) is 3.45. The molecule has 0 N–H and O–H groups in total. The minimum Gasteiger partial charge on any atom is -0.493 e. The van der Waals surface area contributed by atoms with Crippen LogP contribution >= 0.6 is 0 Å². The Morgan fingerprint density at radius 3 is 2.26 bits per heavy atom. The highest BCUT2D eigenvalue weighted by Gasteiger charge is 2.30. The lowest BCUT2D eigenvalue weighted by Gasteiger charge is -2.33. The predicted molar refractivity (Wildman–Crippen MR) is 126 cm³/mol. The van der Waals surface area contributed by atoms with Crippen molar-refractivity contribution in [2.24, 2.45) is 0 Å². The lowest BCUT2D eigenvalue weighted by molar-refractivity contribution is -0.384. The third kappa shape index (κ3) is 5.91. The second-order valence-corrected chi connectivity index (χ2v) is 9.83. The summed E-state index contributed by atoms with van der Waals surface area (Å²) in [4.78, 5) is 24.4. The van der Waals surface area contributed by atoms with E-state index in [-0.39, 0.29) is 48.8 Å². The van der Waals surface area contributed by atoms with Gasteiger partial charge in [0.25, 0.3) is 5.69 Å². The Kier molecular flexibility index (Phi) is 7.90. The highest BCUT2D eigenvalue weighted by molar-refractivity contribution is 7.89. The van der Waals surface area contributed by atoms with E-state index in [4.69, 9.17) is 9.47 Å². The van der Waals surface area contributed by atoms with E-state index in [0.29, 0.717) is 11.5 Å². The van der Waals surface area contributed by atoms with Crippen LogP contribution in [0.25, 0.3) is 6.08 Å². The van der Waals surface area contributed by atoms with Crippen molar-refractivity contribution in [3.63, 3.8) is 0 Å². The molecule has 1 saturated heterocycles. The highest BCUT2D eigenvalue weighted by Crippen LogP contribution is 2.29. The lowest BCUT2D eigenvalue weighted by atomic mass is 10.2. The van der Waals surface area contributed by atoms with Gasteiger partial charge in [0.2, 0.25) is 15.9 Å². The minimum absolute atomic E-state index is 0.000223. The number of piperazine rings is 1. The first kappa shape index (κ1) is 25.2. The molecule has 0 aliphatic carbocycles. The van der Waals surface area contributed by atoms with Crippen LogP contribution in [0.4, 0.5) is 5.69 Å². The number of nitrogens with zero attached hydrogens (tertiary/aromatic N) is 3. The standard InChI is InChI=1S/C23H27N3O7S/c1-17(2)33-21-10-4-18(16-22(21)32-3)5-11-23(27)24-12-14-25(15-13-24)34(30,31)20-8-6-19(7-9-20)26(28)29/h4-11,16-17H,12-15H2,1-3H3/b11-5+. The van der Waals surface area contributed by atoms with Gasteiger partial charge in [-0.2, -0.15) is 4.31 Å². The summed E-state index contributed by atoms with van der Waals surface area (Å²) in [6.45, 7) is 4.58. The number of rotatable bonds is 8. The summed E-state index contributed by atoms with van der Waals surface area (Å²) in [5.74, 6) is 0.952. The average Bonchev–Trinajstić information content (AvgIpc) is 2.83. The Bertz CT molecular complexity index is 1170. The van der Waals surface area contributed by atoms with Gasteiger partial charge in [0.15, 0.2) is 11.5 Å². The molecule has 10 nitrogen and oxygen atoms in total. The molecule has 11 heteroatoms. The zero-order valence-corrected chi connectivity index (χ0v) is 20.0. The number of methoxy groups -OCH3 is 1. The first-order valence-electron chi connectivity index (χ1n) is 10.7. The number of hydrogen-bond acceptors (Lipinski definition) is 7. The molecule has 3 rings (SSSR count). The minimum atomic E-state index is -3.80. The van der Waals surface area contributed by atoms with Crippen molar-refractivity contribution in [3.05, 3.63) is 64.2 Å². The van der Waals surface area contributed by atoms with Gasteiger partial charge in [0.1, 0.15) is 0 Å². The van der Waals surface area contributed by atoms with Gasteiger partial charge in [-0.15, -0.1) is 0 Å². The Morgan fingerprint density at radius 2 is 1.71 bits per heavy atom. The molecule has 0 unspecified atom stereocenters. The number of hydrogen-bond donors (Lipinski definition) is 0. The van der Waals surface area contributed by atoms with Crippen molar-refractivity contribution in [1.29, 1.82) is 0 Å². The first-order valence-corrected chi connectivity index (χ1v) is 12.1. The molecule has 0 atom stereocenters. The summed E-state index contributed by atoms with van der Waals surface area (Å²) < 4.78 is 38.0. The van der Waals surface area contributed by atoms with Crippen LogP contribution in [0.1, 0.15) is 19.4 Å². The number of benzene rings is 2. The van der Waals surface area contributed by atoms with Crippen LogP contribution in [-0.4, -0.2) is 67.8 Å². The van der Waals surface area contributed by atoms with Crippen LogP contribution in [0.5, 0.6) is 11.5 Å². The molecule has 1 amide bonds. The fraction of sp³-hybridized carbons (Fsp3) is 0.348. The fourth-order valence-corrected chi connectivity index (χ4v) is 4.87. The van der Waals surface area contributed by atoms with Gasteiger partial charge in [0.05, 0.1) is 23.0 Å². The van der Waals surface area contributed by atoms with E-state index in [9.17, 15) is 23.3 Å². The SMILES string of the molecule is COc1cc(/C=C/C(=O)N2CCN(S(=O)(=O)c3ccc([N+](=O)[O-])cc3)CC2)ccc1OC(C)C. The third-order valence-corrected chi connectivity index (χ3v) is 7.12. The van der Waals surface area contributed by atoms with Crippen molar-refractivity contribution in [1.82, 2.24) is 9.21 Å². The van der Waals surface area contributed by atoms with Gasteiger partial charge in [-0.05, 0) is 49.8 Å². The molecule has 2 aromatic rings. The molecule has 0 spiro atoms. The van der Waals surface area contributed by atoms with Gasteiger partial charge in [-0.25, -0.2) is 8.42 Å². The first-order chi connectivity index (χ1) is 16.1. The van der Waals surface area contributed by atoms with E-state index in [1.807, 2.05) is 19.9 Å².